The molecule has 0 saturated carbocycles. The molecule has 0 aliphatic carbocycles. The van der Waals surface area contributed by atoms with Crippen molar-refractivity contribution < 1.29 is 9.18 Å². The van der Waals surface area contributed by atoms with E-state index in [1.807, 2.05) is 17.0 Å². The van der Waals surface area contributed by atoms with Gasteiger partial charge in [-0.3, -0.25) is 15.6 Å². The van der Waals surface area contributed by atoms with Gasteiger partial charge in [0.05, 0.1) is 11.6 Å². The van der Waals surface area contributed by atoms with Gasteiger partial charge < -0.3 is 4.90 Å². The normalized spacial score (nSPS) is 24.7. The third-order valence-corrected chi connectivity index (χ3v) is 5.84. The van der Waals surface area contributed by atoms with E-state index in [0.717, 1.165) is 31.5 Å². The topological polar surface area (TPSA) is 68.2 Å². The molecule has 2 aliphatic rings. The lowest BCUT2D eigenvalue weighted by Crippen LogP contribution is -2.48. The van der Waals surface area contributed by atoms with Crippen LogP contribution in [-0.2, 0) is 0 Å². The molecule has 2 aromatic rings. The number of likely N-dealkylation sites (tertiary alicyclic amines) is 1. The summed E-state index contributed by atoms with van der Waals surface area (Å²) in [5.74, 6) is 0.353. The van der Waals surface area contributed by atoms with Gasteiger partial charge in [-0.2, -0.15) is 5.26 Å². The van der Waals surface area contributed by atoms with E-state index in [9.17, 15) is 9.18 Å². The first-order chi connectivity index (χ1) is 13.7. The number of hydrogen-bond acceptors (Lipinski definition) is 4. The van der Waals surface area contributed by atoms with Crippen molar-refractivity contribution in [2.24, 2.45) is 5.92 Å². The maximum Gasteiger partial charge on any atom is 0.253 e. The second-order valence-electron chi connectivity index (χ2n) is 7.55. The number of amides is 1. The Hall–Kier alpha value is -2.75. The molecule has 5 nitrogen and oxygen atoms in total. The van der Waals surface area contributed by atoms with Crippen LogP contribution in [0.25, 0.3) is 0 Å². The van der Waals surface area contributed by atoms with Gasteiger partial charge in [-0.15, -0.1) is 0 Å². The van der Waals surface area contributed by atoms with Gasteiger partial charge in [0, 0.05) is 37.2 Å². The van der Waals surface area contributed by atoms with Gasteiger partial charge in [-0.05, 0) is 60.7 Å². The molecule has 4 rings (SSSR count). The number of halogens is 1. The van der Waals surface area contributed by atoms with E-state index in [-0.39, 0.29) is 23.7 Å². The molecule has 2 fully saturated rings. The summed E-state index contributed by atoms with van der Waals surface area (Å²) in [5.41, 5.74) is 8.91. The number of benzene rings is 2. The fraction of sp³-hybridized carbons (Fsp3) is 0.364. The number of nitriles is 1. The molecule has 0 bridgehead atoms. The Bertz CT molecular complexity index is 875. The van der Waals surface area contributed by atoms with Gasteiger partial charge in [0.1, 0.15) is 5.82 Å². The summed E-state index contributed by atoms with van der Waals surface area (Å²) in [6.07, 6.45) is 2.01. The van der Waals surface area contributed by atoms with Crippen molar-refractivity contribution >= 4 is 5.91 Å². The van der Waals surface area contributed by atoms with Crippen LogP contribution in [0.2, 0.25) is 0 Å². The van der Waals surface area contributed by atoms with Crippen molar-refractivity contribution in [2.45, 2.75) is 24.8 Å². The van der Waals surface area contributed by atoms with E-state index >= 15 is 0 Å². The zero-order chi connectivity index (χ0) is 19.5. The summed E-state index contributed by atoms with van der Waals surface area (Å²) in [7, 11) is 0. The van der Waals surface area contributed by atoms with E-state index in [4.69, 9.17) is 5.26 Å². The lowest BCUT2D eigenvalue weighted by molar-refractivity contribution is 0.0644. The molecule has 2 aliphatic heterocycles. The quantitative estimate of drug-likeness (QED) is 0.862. The molecule has 2 saturated heterocycles. The molecule has 28 heavy (non-hydrogen) atoms. The fourth-order valence-electron chi connectivity index (χ4n) is 4.35. The number of nitrogens with zero attached hydrogens (tertiary/aromatic N) is 2. The number of nitrogens with one attached hydrogen (secondary N) is 2. The van der Waals surface area contributed by atoms with Crippen LogP contribution in [0.1, 0.15) is 40.2 Å². The van der Waals surface area contributed by atoms with Crippen molar-refractivity contribution in [1.82, 2.24) is 15.8 Å². The molecule has 0 spiro atoms. The molecule has 2 heterocycles. The van der Waals surface area contributed by atoms with Crippen LogP contribution in [0.5, 0.6) is 0 Å². The number of hydrazine groups is 1. The van der Waals surface area contributed by atoms with Crippen molar-refractivity contribution in [2.75, 3.05) is 19.6 Å². The Balaban J connectivity index is 1.47. The van der Waals surface area contributed by atoms with Crippen LogP contribution in [0.3, 0.4) is 0 Å². The van der Waals surface area contributed by atoms with Crippen LogP contribution in [0.4, 0.5) is 4.39 Å². The Morgan fingerprint density at radius 1 is 1.14 bits per heavy atom. The predicted molar refractivity (Wildman–Crippen MR) is 104 cm³/mol. The Morgan fingerprint density at radius 3 is 2.61 bits per heavy atom. The molecule has 2 N–H and O–H groups in total. The maximum absolute atomic E-state index is 13.3. The standard InChI is InChI=1S/C22H23FN4O/c23-19-9-7-16(8-10-19)20-13-25-26-21(20)18-2-1-11-27(14-18)22(28)17-5-3-15(12-24)4-6-17/h3-10,18,20-21,25-26H,1-2,11,13-14H2. The maximum atomic E-state index is 13.3. The number of hydrogen-bond donors (Lipinski definition) is 2. The molecule has 6 heteroatoms. The first-order valence-corrected chi connectivity index (χ1v) is 9.69. The predicted octanol–water partition coefficient (Wildman–Crippen LogP) is 2.81. The van der Waals surface area contributed by atoms with Gasteiger partial charge >= 0.3 is 0 Å². The van der Waals surface area contributed by atoms with E-state index in [2.05, 4.69) is 16.9 Å². The highest BCUT2D eigenvalue weighted by Gasteiger charge is 2.37. The molecule has 0 radical (unpaired) electrons. The van der Waals surface area contributed by atoms with Crippen molar-refractivity contribution in [3.63, 3.8) is 0 Å². The summed E-state index contributed by atoms with van der Waals surface area (Å²) < 4.78 is 13.3. The average Bonchev–Trinajstić information content (AvgIpc) is 3.24. The molecule has 3 atom stereocenters. The second-order valence-corrected chi connectivity index (χ2v) is 7.55. The largest absolute Gasteiger partial charge is 0.338 e. The second kappa shape index (κ2) is 8.09. The van der Waals surface area contributed by atoms with E-state index in [0.29, 0.717) is 23.6 Å². The first-order valence-electron chi connectivity index (χ1n) is 9.69. The summed E-state index contributed by atoms with van der Waals surface area (Å²) >= 11 is 0. The van der Waals surface area contributed by atoms with Gasteiger partial charge in [0.25, 0.3) is 5.91 Å². The molecule has 144 valence electrons. The lowest BCUT2D eigenvalue weighted by Gasteiger charge is -2.37. The summed E-state index contributed by atoms with van der Waals surface area (Å²) in [6.45, 7) is 2.23. The smallest absolute Gasteiger partial charge is 0.253 e. The molecule has 2 aromatic carbocycles. The Morgan fingerprint density at radius 2 is 1.89 bits per heavy atom. The van der Waals surface area contributed by atoms with Crippen molar-refractivity contribution in [3.05, 3.63) is 71.0 Å². The van der Waals surface area contributed by atoms with E-state index in [1.165, 1.54) is 12.1 Å². The van der Waals surface area contributed by atoms with Gasteiger partial charge in [-0.25, -0.2) is 4.39 Å². The molecule has 0 aromatic heterocycles. The zero-order valence-corrected chi connectivity index (χ0v) is 15.6. The van der Waals surface area contributed by atoms with Crippen LogP contribution in [0.15, 0.2) is 48.5 Å². The molecular formula is C22H23FN4O. The zero-order valence-electron chi connectivity index (χ0n) is 15.6. The number of carbonyl (C=O) groups excluding carboxylic acids is 1. The summed E-state index contributed by atoms with van der Waals surface area (Å²) in [5, 5.41) is 8.93. The monoisotopic (exact) mass is 378 g/mol. The molecular weight excluding hydrogens is 355 g/mol. The highest BCUT2D eigenvalue weighted by atomic mass is 19.1. The van der Waals surface area contributed by atoms with Crippen molar-refractivity contribution in [1.29, 1.82) is 5.26 Å². The highest BCUT2D eigenvalue weighted by Crippen LogP contribution is 2.32. The average molecular weight is 378 g/mol. The van der Waals surface area contributed by atoms with Crippen LogP contribution < -0.4 is 10.9 Å². The minimum Gasteiger partial charge on any atom is -0.338 e. The first kappa shape index (κ1) is 18.6. The third kappa shape index (κ3) is 3.77. The minimum absolute atomic E-state index is 0.0125. The SMILES string of the molecule is N#Cc1ccc(C(=O)N2CCCC(C3NNCC3c3ccc(F)cc3)C2)cc1. The van der Waals surface area contributed by atoms with Crippen LogP contribution >= 0.6 is 0 Å². The van der Waals surface area contributed by atoms with Gasteiger partial charge in [-0.1, -0.05) is 12.1 Å². The number of rotatable bonds is 3. The van der Waals surface area contributed by atoms with Gasteiger partial charge in [0.15, 0.2) is 0 Å². The fourth-order valence-corrected chi connectivity index (χ4v) is 4.35. The Labute approximate surface area is 164 Å². The van der Waals surface area contributed by atoms with E-state index < -0.39 is 0 Å². The molecule has 1 amide bonds. The summed E-state index contributed by atoms with van der Waals surface area (Å²) in [4.78, 5) is 14.8. The highest BCUT2D eigenvalue weighted by molar-refractivity contribution is 5.94. The van der Waals surface area contributed by atoms with Gasteiger partial charge in [0.2, 0.25) is 0 Å². The Kier molecular flexibility index (Phi) is 5.38. The summed E-state index contributed by atoms with van der Waals surface area (Å²) in [6, 6.07) is 15.8. The lowest BCUT2D eigenvalue weighted by atomic mass is 9.81. The van der Waals surface area contributed by atoms with E-state index in [1.54, 1.807) is 24.3 Å². The van der Waals surface area contributed by atoms with Crippen molar-refractivity contribution in [3.8, 4) is 6.07 Å². The number of piperidine rings is 1. The number of carbonyl (C=O) groups is 1. The molecule has 3 unspecified atom stereocenters. The third-order valence-electron chi connectivity index (χ3n) is 5.84. The van der Waals surface area contributed by atoms with Crippen LogP contribution in [-0.4, -0.2) is 36.5 Å². The minimum atomic E-state index is -0.226. The van der Waals surface area contributed by atoms with Crippen LogP contribution in [0, 0.1) is 23.1 Å².